The number of rotatable bonds is 4. The Balaban J connectivity index is 2.09. The van der Waals surface area contributed by atoms with E-state index in [0.717, 1.165) is 5.92 Å². The van der Waals surface area contributed by atoms with Crippen LogP contribution in [0.4, 0.5) is 11.6 Å². The molecule has 1 aliphatic rings. The van der Waals surface area contributed by atoms with E-state index in [1.54, 1.807) is 7.11 Å². The third kappa shape index (κ3) is 3.47. The largest absolute Gasteiger partial charge is 0.490 e. The lowest BCUT2D eigenvalue weighted by atomic mass is 10.0. The molecule has 6 heteroatoms. The number of hydrogen-bond acceptors (Lipinski definition) is 6. The van der Waals surface area contributed by atoms with Gasteiger partial charge in [-0.2, -0.15) is 0 Å². The quantitative estimate of drug-likeness (QED) is 0.439. The van der Waals surface area contributed by atoms with Gasteiger partial charge in [-0.1, -0.05) is 19.8 Å². The molecule has 2 atom stereocenters. The number of aromatic nitrogens is 2. The third-order valence-electron chi connectivity index (χ3n) is 3.74. The fourth-order valence-electron chi connectivity index (χ4n) is 2.60. The molecule has 0 saturated heterocycles. The van der Waals surface area contributed by atoms with Gasteiger partial charge in [-0.3, -0.25) is 0 Å². The fraction of sp³-hybridized carbons (Fsp3) is 0.692. The Labute approximate surface area is 114 Å². The SMILES string of the molecule is COc1c(NN)ncnc1NC1CCCC(C)CC1. The average Bonchev–Trinajstić information content (AvgIpc) is 2.63. The van der Waals surface area contributed by atoms with Crippen molar-refractivity contribution in [1.82, 2.24) is 9.97 Å². The zero-order valence-corrected chi connectivity index (χ0v) is 11.6. The van der Waals surface area contributed by atoms with E-state index in [4.69, 9.17) is 10.6 Å². The first-order chi connectivity index (χ1) is 9.24. The number of hydrogen-bond donors (Lipinski definition) is 3. The van der Waals surface area contributed by atoms with Gasteiger partial charge < -0.3 is 15.5 Å². The Morgan fingerprint density at radius 1 is 1.21 bits per heavy atom. The molecule has 0 aromatic carbocycles. The molecular formula is C13H23N5O. The normalized spacial score (nSPS) is 23.5. The molecule has 1 saturated carbocycles. The Hall–Kier alpha value is -1.56. The summed E-state index contributed by atoms with van der Waals surface area (Å²) in [5.74, 6) is 8.03. The van der Waals surface area contributed by atoms with Crippen LogP contribution in [0.2, 0.25) is 0 Å². The van der Waals surface area contributed by atoms with Crippen LogP contribution in [0.3, 0.4) is 0 Å². The van der Waals surface area contributed by atoms with Crippen molar-refractivity contribution in [2.45, 2.75) is 45.1 Å². The summed E-state index contributed by atoms with van der Waals surface area (Å²) in [5, 5.41) is 3.46. The highest BCUT2D eigenvalue weighted by atomic mass is 16.5. The summed E-state index contributed by atoms with van der Waals surface area (Å²) < 4.78 is 5.33. The molecule has 4 N–H and O–H groups in total. The van der Waals surface area contributed by atoms with Gasteiger partial charge in [0.05, 0.1) is 7.11 Å². The molecule has 0 amide bonds. The standard InChI is InChI=1S/C13H23N5O/c1-9-4-3-5-10(7-6-9)17-12-11(19-2)13(18-14)16-8-15-12/h8-10H,3-7,14H2,1-2H3,(H2,15,16,17,18). The van der Waals surface area contributed by atoms with Crippen LogP contribution in [0, 0.1) is 5.92 Å². The molecule has 0 spiro atoms. The van der Waals surface area contributed by atoms with E-state index in [1.807, 2.05) is 0 Å². The zero-order chi connectivity index (χ0) is 13.7. The maximum absolute atomic E-state index is 5.42. The zero-order valence-electron chi connectivity index (χ0n) is 11.6. The number of nitrogens with two attached hydrogens (primary N) is 1. The van der Waals surface area contributed by atoms with Crippen LogP contribution < -0.4 is 21.3 Å². The molecule has 106 valence electrons. The van der Waals surface area contributed by atoms with Crippen molar-refractivity contribution >= 4 is 11.6 Å². The molecule has 1 aromatic heterocycles. The Bertz CT molecular complexity index is 412. The number of nitrogens with one attached hydrogen (secondary N) is 2. The van der Waals surface area contributed by atoms with Gasteiger partial charge in [-0.15, -0.1) is 0 Å². The van der Waals surface area contributed by atoms with Gasteiger partial charge in [-0.25, -0.2) is 15.8 Å². The molecule has 1 heterocycles. The molecule has 1 aliphatic carbocycles. The Kier molecular flexibility index (Phi) is 4.79. The second kappa shape index (κ2) is 6.56. The first-order valence-corrected chi connectivity index (χ1v) is 6.86. The van der Waals surface area contributed by atoms with E-state index in [-0.39, 0.29) is 0 Å². The summed E-state index contributed by atoms with van der Waals surface area (Å²) in [6.45, 7) is 2.32. The lowest BCUT2D eigenvalue weighted by Gasteiger charge is -2.19. The molecule has 0 bridgehead atoms. The van der Waals surface area contributed by atoms with Crippen LogP contribution >= 0.6 is 0 Å². The third-order valence-corrected chi connectivity index (χ3v) is 3.74. The Morgan fingerprint density at radius 3 is 2.74 bits per heavy atom. The van der Waals surface area contributed by atoms with Crippen LogP contribution in [-0.2, 0) is 0 Å². The van der Waals surface area contributed by atoms with Gasteiger partial charge >= 0.3 is 0 Å². The van der Waals surface area contributed by atoms with Crippen molar-refractivity contribution in [1.29, 1.82) is 0 Å². The number of methoxy groups -OCH3 is 1. The maximum atomic E-state index is 5.42. The average molecular weight is 265 g/mol. The summed E-state index contributed by atoms with van der Waals surface area (Å²) in [4.78, 5) is 8.30. The number of nitrogens with zero attached hydrogens (tertiary/aromatic N) is 2. The van der Waals surface area contributed by atoms with Gasteiger partial charge in [0.15, 0.2) is 11.6 Å². The van der Waals surface area contributed by atoms with Gasteiger partial charge in [0.2, 0.25) is 5.75 Å². The maximum Gasteiger partial charge on any atom is 0.205 e. The van der Waals surface area contributed by atoms with Crippen molar-refractivity contribution in [2.24, 2.45) is 11.8 Å². The summed E-state index contributed by atoms with van der Waals surface area (Å²) >= 11 is 0. The monoisotopic (exact) mass is 265 g/mol. The summed E-state index contributed by atoms with van der Waals surface area (Å²) in [7, 11) is 1.60. The van der Waals surface area contributed by atoms with Crippen LogP contribution in [0.1, 0.15) is 39.0 Å². The lowest BCUT2D eigenvalue weighted by Crippen LogP contribution is -2.21. The summed E-state index contributed by atoms with van der Waals surface area (Å²) in [6.07, 6.45) is 7.65. The molecular weight excluding hydrogens is 242 g/mol. The van der Waals surface area contributed by atoms with Crippen molar-refractivity contribution in [3.8, 4) is 5.75 Å². The highest BCUT2D eigenvalue weighted by molar-refractivity contribution is 5.63. The molecule has 19 heavy (non-hydrogen) atoms. The minimum Gasteiger partial charge on any atom is -0.490 e. The molecule has 1 aromatic rings. The van der Waals surface area contributed by atoms with E-state index in [0.29, 0.717) is 23.4 Å². The van der Waals surface area contributed by atoms with E-state index in [1.165, 1.54) is 38.4 Å². The lowest BCUT2D eigenvalue weighted by molar-refractivity contribution is 0.413. The van der Waals surface area contributed by atoms with Gasteiger partial charge in [0, 0.05) is 6.04 Å². The Morgan fingerprint density at radius 2 is 2.00 bits per heavy atom. The molecule has 2 rings (SSSR count). The first-order valence-electron chi connectivity index (χ1n) is 6.86. The highest BCUT2D eigenvalue weighted by Gasteiger charge is 2.19. The first kappa shape index (κ1) is 13.9. The molecule has 1 fully saturated rings. The highest BCUT2D eigenvalue weighted by Crippen LogP contribution is 2.31. The van der Waals surface area contributed by atoms with Crippen molar-refractivity contribution in [3.63, 3.8) is 0 Å². The van der Waals surface area contributed by atoms with E-state index in [9.17, 15) is 0 Å². The second-order valence-corrected chi connectivity index (χ2v) is 5.20. The smallest absolute Gasteiger partial charge is 0.205 e. The number of anilines is 2. The minimum atomic E-state index is 0.444. The predicted molar refractivity (Wildman–Crippen MR) is 76.1 cm³/mol. The van der Waals surface area contributed by atoms with Crippen LogP contribution in [0.25, 0.3) is 0 Å². The topological polar surface area (TPSA) is 85.1 Å². The number of hydrazine groups is 1. The van der Waals surface area contributed by atoms with Gasteiger partial charge in [-0.05, 0) is 25.2 Å². The molecule has 0 aliphatic heterocycles. The van der Waals surface area contributed by atoms with Crippen molar-refractivity contribution in [3.05, 3.63) is 6.33 Å². The van der Waals surface area contributed by atoms with E-state index in [2.05, 4.69) is 27.6 Å². The van der Waals surface area contributed by atoms with Crippen molar-refractivity contribution in [2.75, 3.05) is 17.9 Å². The second-order valence-electron chi connectivity index (χ2n) is 5.20. The molecule has 2 unspecified atom stereocenters. The van der Waals surface area contributed by atoms with E-state index >= 15 is 0 Å². The van der Waals surface area contributed by atoms with Crippen molar-refractivity contribution < 1.29 is 4.74 Å². The molecule has 6 nitrogen and oxygen atoms in total. The fourth-order valence-corrected chi connectivity index (χ4v) is 2.60. The van der Waals surface area contributed by atoms with Gasteiger partial charge in [0.1, 0.15) is 6.33 Å². The number of ether oxygens (including phenoxy) is 1. The van der Waals surface area contributed by atoms with Crippen LogP contribution in [0.5, 0.6) is 5.75 Å². The minimum absolute atomic E-state index is 0.444. The summed E-state index contributed by atoms with van der Waals surface area (Å²) in [6, 6.07) is 0.444. The summed E-state index contributed by atoms with van der Waals surface area (Å²) in [5.41, 5.74) is 2.53. The predicted octanol–water partition coefficient (Wildman–Crippen LogP) is 2.15. The molecule has 0 radical (unpaired) electrons. The number of nitrogen functional groups attached to an aromatic ring is 1. The van der Waals surface area contributed by atoms with Crippen LogP contribution in [-0.4, -0.2) is 23.1 Å². The van der Waals surface area contributed by atoms with Gasteiger partial charge in [0.25, 0.3) is 0 Å². The van der Waals surface area contributed by atoms with E-state index < -0.39 is 0 Å². The van der Waals surface area contributed by atoms with Crippen LogP contribution in [0.15, 0.2) is 6.33 Å².